The van der Waals surface area contributed by atoms with Gasteiger partial charge in [-0.2, -0.15) is 0 Å². The van der Waals surface area contributed by atoms with Crippen molar-refractivity contribution in [2.24, 2.45) is 5.73 Å². The van der Waals surface area contributed by atoms with E-state index in [2.05, 4.69) is 10.1 Å². The average molecular weight is 215 g/mol. The van der Waals surface area contributed by atoms with Crippen LogP contribution in [0, 0.1) is 0 Å². The summed E-state index contributed by atoms with van der Waals surface area (Å²) in [5, 5.41) is 3.03. The highest BCUT2D eigenvalue weighted by molar-refractivity contribution is 6.31. The second-order valence-corrected chi connectivity index (χ2v) is 3.03. The summed E-state index contributed by atoms with van der Waals surface area (Å²) >= 11 is 5.88. The van der Waals surface area contributed by atoms with Crippen LogP contribution in [0.25, 0.3) is 0 Å². The number of methoxy groups -OCH3 is 1. The first-order valence-corrected chi connectivity index (χ1v) is 4.38. The zero-order chi connectivity index (χ0) is 10.6. The fourth-order valence-electron chi connectivity index (χ4n) is 0.959. The lowest BCUT2D eigenvalue weighted by molar-refractivity contribution is 0.187. The molecule has 1 amide bonds. The standard InChI is InChI=1S/C9H11ClN2O2/c1-14-9(13)12-7-3-2-6(5-11)8(10)4-7/h2-4H,5,11H2,1H3,(H,12,13). The van der Waals surface area contributed by atoms with Gasteiger partial charge in [0.15, 0.2) is 0 Å². The number of hydrogen-bond acceptors (Lipinski definition) is 3. The van der Waals surface area contributed by atoms with Crippen LogP contribution in [-0.4, -0.2) is 13.2 Å². The van der Waals surface area contributed by atoms with Gasteiger partial charge in [-0.1, -0.05) is 17.7 Å². The van der Waals surface area contributed by atoms with Gasteiger partial charge in [0.2, 0.25) is 0 Å². The van der Waals surface area contributed by atoms with Crippen LogP contribution in [0.1, 0.15) is 5.56 Å². The van der Waals surface area contributed by atoms with Gasteiger partial charge in [-0.15, -0.1) is 0 Å². The Morgan fingerprint density at radius 1 is 1.64 bits per heavy atom. The Balaban J connectivity index is 2.81. The number of halogens is 1. The van der Waals surface area contributed by atoms with E-state index in [1.165, 1.54) is 7.11 Å². The Morgan fingerprint density at radius 2 is 2.36 bits per heavy atom. The molecule has 0 aliphatic carbocycles. The Hall–Kier alpha value is -1.26. The summed E-state index contributed by atoms with van der Waals surface area (Å²) in [6.07, 6.45) is -0.526. The smallest absolute Gasteiger partial charge is 0.411 e. The Morgan fingerprint density at radius 3 is 2.86 bits per heavy atom. The van der Waals surface area contributed by atoms with Crippen molar-refractivity contribution < 1.29 is 9.53 Å². The second kappa shape index (κ2) is 4.83. The van der Waals surface area contributed by atoms with Crippen molar-refractivity contribution >= 4 is 23.4 Å². The molecule has 5 heteroatoms. The lowest BCUT2D eigenvalue weighted by atomic mass is 10.2. The van der Waals surface area contributed by atoms with Crippen LogP contribution >= 0.6 is 11.6 Å². The third-order valence-electron chi connectivity index (χ3n) is 1.70. The van der Waals surface area contributed by atoms with E-state index in [-0.39, 0.29) is 0 Å². The lowest BCUT2D eigenvalue weighted by Gasteiger charge is -2.06. The molecule has 0 unspecified atom stereocenters. The van der Waals surface area contributed by atoms with Gasteiger partial charge < -0.3 is 10.5 Å². The number of benzene rings is 1. The number of carbonyl (C=O) groups is 1. The molecular weight excluding hydrogens is 204 g/mol. The van der Waals surface area contributed by atoms with Crippen LogP contribution in [0.2, 0.25) is 5.02 Å². The number of carbonyl (C=O) groups excluding carboxylic acids is 1. The predicted octanol–water partition coefficient (Wildman–Crippen LogP) is 1.98. The van der Waals surface area contributed by atoms with Crippen molar-refractivity contribution in [3.05, 3.63) is 28.8 Å². The van der Waals surface area contributed by atoms with Gasteiger partial charge in [0.1, 0.15) is 0 Å². The maximum absolute atomic E-state index is 10.8. The molecule has 0 aromatic heterocycles. The molecule has 1 aromatic rings. The highest BCUT2D eigenvalue weighted by Crippen LogP contribution is 2.20. The molecule has 0 spiro atoms. The van der Waals surface area contributed by atoms with Gasteiger partial charge in [0.05, 0.1) is 7.11 Å². The normalized spacial score (nSPS) is 9.64. The van der Waals surface area contributed by atoms with Crippen molar-refractivity contribution in [3.8, 4) is 0 Å². The van der Waals surface area contributed by atoms with Gasteiger partial charge in [-0.25, -0.2) is 4.79 Å². The van der Waals surface area contributed by atoms with E-state index in [4.69, 9.17) is 17.3 Å². The van der Waals surface area contributed by atoms with Gasteiger partial charge in [0, 0.05) is 17.3 Å². The van der Waals surface area contributed by atoms with E-state index in [1.54, 1.807) is 18.2 Å². The first-order chi connectivity index (χ1) is 6.67. The molecule has 0 fully saturated rings. The number of anilines is 1. The first kappa shape index (κ1) is 10.8. The maximum atomic E-state index is 10.8. The molecule has 0 saturated heterocycles. The minimum atomic E-state index is -0.526. The molecule has 0 heterocycles. The van der Waals surface area contributed by atoms with E-state index in [0.717, 1.165) is 5.56 Å². The van der Waals surface area contributed by atoms with Crippen LogP contribution in [0.3, 0.4) is 0 Å². The lowest BCUT2D eigenvalue weighted by Crippen LogP contribution is -2.11. The summed E-state index contributed by atoms with van der Waals surface area (Å²) in [5.74, 6) is 0. The summed E-state index contributed by atoms with van der Waals surface area (Å²) in [7, 11) is 1.30. The molecule has 0 aliphatic heterocycles. The highest BCUT2D eigenvalue weighted by Gasteiger charge is 2.03. The van der Waals surface area contributed by atoms with Crippen LogP contribution in [0.5, 0.6) is 0 Å². The maximum Gasteiger partial charge on any atom is 0.411 e. The van der Waals surface area contributed by atoms with Crippen molar-refractivity contribution in [1.29, 1.82) is 0 Å². The highest BCUT2D eigenvalue weighted by atomic mass is 35.5. The molecular formula is C9H11ClN2O2. The minimum Gasteiger partial charge on any atom is -0.453 e. The van der Waals surface area contributed by atoms with Gasteiger partial charge in [0.25, 0.3) is 0 Å². The van der Waals surface area contributed by atoms with Crippen molar-refractivity contribution in [2.45, 2.75) is 6.54 Å². The monoisotopic (exact) mass is 214 g/mol. The molecule has 3 N–H and O–H groups in total. The van der Waals surface area contributed by atoms with Crippen molar-refractivity contribution in [3.63, 3.8) is 0 Å². The fraction of sp³-hybridized carbons (Fsp3) is 0.222. The van der Waals surface area contributed by atoms with E-state index in [0.29, 0.717) is 17.3 Å². The molecule has 76 valence electrons. The number of rotatable bonds is 2. The molecule has 4 nitrogen and oxygen atoms in total. The summed E-state index contributed by atoms with van der Waals surface area (Å²) in [5.41, 5.74) is 6.85. The second-order valence-electron chi connectivity index (χ2n) is 2.63. The minimum absolute atomic E-state index is 0.372. The zero-order valence-electron chi connectivity index (χ0n) is 7.71. The summed E-state index contributed by atoms with van der Waals surface area (Å²) < 4.78 is 4.43. The topological polar surface area (TPSA) is 64.3 Å². The number of nitrogens with one attached hydrogen (secondary N) is 1. The van der Waals surface area contributed by atoms with Crippen LogP contribution < -0.4 is 11.1 Å². The van der Waals surface area contributed by atoms with Crippen molar-refractivity contribution in [1.82, 2.24) is 0 Å². The number of amides is 1. The summed E-state index contributed by atoms with van der Waals surface area (Å²) in [6, 6.07) is 5.10. The van der Waals surface area contributed by atoms with E-state index in [1.807, 2.05) is 0 Å². The molecule has 0 bridgehead atoms. The molecule has 0 aliphatic rings. The molecule has 0 atom stereocenters. The first-order valence-electron chi connectivity index (χ1n) is 4.01. The Labute approximate surface area is 87.0 Å². The molecule has 0 saturated carbocycles. The van der Waals surface area contributed by atoms with Crippen LogP contribution in [-0.2, 0) is 11.3 Å². The summed E-state index contributed by atoms with van der Waals surface area (Å²) in [4.78, 5) is 10.8. The molecule has 0 radical (unpaired) electrons. The largest absolute Gasteiger partial charge is 0.453 e. The van der Waals surface area contributed by atoms with Gasteiger partial charge in [-0.3, -0.25) is 5.32 Å². The zero-order valence-corrected chi connectivity index (χ0v) is 8.47. The van der Waals surface area contributed by atoms with Crippen LogP contribution in [0.4, 0.5) is 10.5 Å². The number of hydrogen-bond donors (Lipinski definition) is 2. The summed E-state index contributed by atoms with van der Waals surface area (Å²) in [6.45, 7) is 0.372. The predicted molar refractivity (Wildman–Crippen MR) is 55.4 cm³/mol. The molecule has 1 aromatic carbocycles. The Kier molecular flexibility index (Phi) is 3.73. The van der Waals surface area contributed by atoms with Gasteiger partial charge in [-0.05, 0) is 17.7 Å². The van der Waals surface area contributed by atoms with E-state index >= 15 is 0 Å². The quantitative estimate of drug-likeness (QED) is 0.791. The van der Waals surface area contributed by atoms with Crippen LogP contribution in [0.15, 0.2) is 18.2 Å². The molecule has 14 heavy (non-hydrogen) atoms. The Bertz CT molecular complexity index is 342. The van der Waals surface area contributed by atoms with E-state index in [9.17, 15) is 4.79 Å². The number of nitrogens with two attached hydrogens (primary N) is 1. The van der Waals surface area contributed by atoms with E-state index < -0.39 is 6.09 Å². The number of ether oxygens (including phenoxy) is 1. The fourth-order valence-corrected chi connectivity index (χ4v) is 1.22. The van der Waals surface area contributed by atoms with Gasteiger partial charge >= 0.3 is 6.09 Å². The third-order valence-corrected chi connectivity index (χ3v) is 2.06. The SMILES string of the molecule is COC(=O)Nc1ccc(CN)c(Cl)c1. The third kappa shape index (κ3) is 2.61. The van der Waals surface area contributed by atoms with Crippen molar-refractivity contribution in [2.75, 3.05) is 12.4 Å². The average Bonchev–Trinajstić information content (AvgIpc) is 2.18. The molecule has 1 rings (SSSR count).